The molecule has 12 heavy (non-hydrogen) atoms. The van der Waals surface area contributed by atoms with Gasteiger partial charge in [-0.3, -0.25) is 9.69 Å². The molecule has 0 radical (unpaired) electrons. The molecule has 0 saturated carbocycles. The molecule has 0 unspecified atom stereocenters. The Kier molecular flexibility index (Phi) is 5.57. The first kappa shape index (κ1) is 11.3. The van der Waals surface area contributed by atoms with E-state index in [4.69, 9.17) is 18.0 Å². The minimum atomic E-state index is -0.270. The molecule has 0 spiro atoms. The lowest BCUT2D eigenvalue weighted by Crippen LogP contribution is -2.36. The van der Waals surface area contributed by atoms with E-state index in [1.165, 1.54) is 7.11 Å². The van der Waals surface area contributed by atoms with Gasteiger partial charge >= 0.3 is 5.97 Å². The Bertz CT molecular complexity index is 173. The minimum absolute atomic E-state index is 0.240. The van der Waals surface area contributed by atoms with Crippen molar-refractivity contribution in [3.63, 3.8) is 0 Å². The second-order valence-corrected chi connectivity index (χ2v) is 2.87. The smallest absolute Gasteiger partial charge is 0.319 e. The second kappa shape index (κ2) is 5.91. The first-order valence-electron chi connectivity index (χ1n) is 3.67. The normalized spacial score (nSPS) is 9.92. The van der Waals surface area contributed by atoms with Crippen molar-refractivity contribution in [2.45, 2.75) is 6.92 Å². The summed E-state index contributed by atoms with van der Waals surface area (Å²) in [5.41, 5.74) is 5.32. The van der Waals surface area contributed by atoms with Crippen LogP contribution in [0.15, 0.2) is 0 Å². The standard InChI is InChI=1S/C7H14N2O2S/c1-3-9(4-6(8)12)5-7(10)11-2/h3-5H2,1-2H3,(H2,8,12). The van der Waals surface area contributed by atoms with E-state index in [0.29, 0.717) is 11.5 Å². The number of methoxy groups -OCH3 is 1. The number of nitrogens with zero attached hydrogens (tertiary/aromatic N) is 1. The summed E-state index contributed by atoms with van der Waals surface area (Å²) >= 11 is 4.71. The topological polar surface area (TPSA) is 55.6 Å². The second-order valence-electron chi connectivity index (χ2n) is 2.35. The molecule has 70 valence electrons. The SMILES string of the molecule is CCN(CC(=O)OC)CC(N)=S. The Labute approximate surface area is 77.7 Å². The summed E-state index contributed by atoms with van der Waals surface area (Å²) in [5, 5.41) is 0. The third kappa shape index (κ3) is 5.03. The lowest BCUT2D eigenvalue weighted by Gasteiger charge is -2.17. The molecule has 0 aromatic heterocycles. The molecule has 0 aromatic carbocycles. The molecule has 0 atom stereocenters. The van der Waals surface area contributed by atoms with Gasteiger partial charge in [-0.05, 0) is 6.54 Å². The Morgan fingerprint density at radius 1 is 1.58 bits per heavy atom. The fourth-order valence-electron chi connectivity index (χ4n) is 0.747. The summed E-state index contributed by atoms with van der Waals surface area (Å²) in [6, 6.07) is 0. The molecule has 2 N–H and O–H groups in total. The van der Waals surface area contributed by atoms with Crippen molar-refractivity contribution in [3.8, 4) is 0 Å². The van der Waals surface area contributed by atoms with Gasteiger partial charge in [-0.25, -0.2) is 0 Å². The highest BCUT2D eigenvalue weighted by Gasteiger charge is 2.08. The average Bonchev–Trinajstić information content (AvgIpc) is 2.02. The van der Waals surface area contributed by atoms with Gasteiger partial charge in [0, 0.05) is 6.54 Å². The molecule has 0 heterocycles. The maximum Gasteiger partial charge on any atom is 0.319 e. The van der Waals surface area contributed by atoms with Crippen molar-refractivity contribution in [1.29, 1.82) is 0 Å². The van der Waals surface area contributed by atoms with Gasteiger partial charge in [-0.1, -0.05) is 19.1 Å². The van der Waals surface area contributed by atoms with Crippen LogP contribution in [0.1, 0.15) is 6.92 Å². The van der Waals surface area contributed by atoms with Crippen LogP contribution in [0.25, 0.3) is 0 Å². The van der Waals surface area contributed by atoms with Crippen LogP contribution in [0.3, 0.4) is 0 Å². The van der Waals surface area contributed by atoms with E-state index in [0.717, 1.165) is 6.54 Å². The molecule has 0 aliphatic rings. The van der Waals surface area contributed by atoms with Crippen LogP contribution in [0.2, 0.25) is 0 Å². The molecule has 0 rings (SSSR count). The van der Waals surface area contributed by atoms with Crippen molar-refractivity contribution < 1.29 is 9.53 Å². The number of ether oxygens (including phenoxy) is 1. The summed E-state index contributed by atoms with van der Waals surface area (Å²) in [6.07, 6.45) is 0. The average molecular weight is 190 g/mol. The summed E-state index contributed by atoms with van der Waals surface area (Å²) in [5.74, 6) is -0.270. The largest absolute Gasteiger partial charge is 0.468 e. The van der Waals surface area contributed by atoms with Crippen molar-refractivity contribution in [1.82, 2.24) is 4.90 Å². The molecule has 0 saturated heterocycles. The van der Waals surface area contributed by atoms with Crippen LogP contribution in [-0.2, 0) is 9.53 Å². The fraction of sp³-hybridized carbons (Fsp3) is 0.714. The first-order chi connectivity index (χ1) is 5.60. The number of rotatable bonds is 5. The quantitative estimate of drug-likeness (QED) is 0.479. The number of carbonyl (C=O) groups excluding carboxylic acids is 1. The van der Waals surface area contributed by atoms with E-state index in [1.54, 1.807) is 0 Å². The van der Waals surface area contributed by atoms with Gasteiger partial charge in [-0.15, -0.1) is 0 Å². The van der Waals surface area contributed by atoms with E-state index in [-0.39, 0.29) is 12.5 Å². The molecule has 0 aliphatic carbocycles. The van der Waals surface area contributed by atoms with E-state index in [1.807, 2.05) is 11.8 Å². The van der Waals surface area contributed by atoms with Crippen molar-refractivity contribution >= 4 is 23.2 Å². The molecular formula is C7H14N2O2S. The van der Waals surface area contributed by atoms with Crippen molar-refractivity contribution in [2.24, 2.45) is 5.73 Å². The van der Waals surface area contributed by atoms with Crippen LogP contribution in [0, 0.1) is 0 Å². The monoisotopic (exact) mass is 190 g/mol. The number of carbonyl (C=O) groups is 1. The number of esters is 1. The molecule has 0 aromatic rings. The fourth-order valence-corrected chi connectivity index (χ4v) is 0.930. The minimum Gasteiger partial charge on any atom is -0.468 e. The van der Waals surface area contributed by atoms with Gasteiger partial charge in [0.2, 0.25) is 0 Å². The Morgan fingerprint density at radius 2 is 2.17 bits per heavy atom. The number of hydrogen-bond acceptors (Lipinski definition) is 4. The zero-order valence-corrected chi connectivity index (χ0v) is 8.19. The van der Waals surface area contributed by atoms with Gasteiger partial charge in [0.15, 0.2) is 0 Å². The summed E-state index contributed by atoms with van der Waals surface area (Å²) in [6.45, 7) is 3.36. The molecule has 0 bridgehead atoms. The molecule has 4 nitrogen and oxygen atoms in total. The zero-order valence-electron chi connectivity index (χ0n) is 7.37. The highest BCUT2D eigenvalue weighted by Crippen LogP contribution is 1.88. The maximum absolute atomic E-state index is 10.8. The zero-order chi connectivity index (χ0) is 9.56. The van der Waals surface area contributed by atoms with Crippen LogP contribution in [-0.4, -0.2) is 42.6 Å². The maximum atomic E-state index is 10.8. The van der Waals surface area contributed by atoms with Gasteiger partial charge in [0.1, 0.15) is 0 Å². The van der Waals surface area contributed by atoms with Gasteiger partial charge in [0.25, 0.3) is 0 Å². The van der Waals surface area contributed by atoms with Crippen LogP contribution >= 0.6 is 12.2 Å². The molecule has 0 fully saturated rings. The lowest BCUT2D eigenvalue weighted by atomic mass is 10.4. The van der Waals surface area contributed by atoms with Gasteiger partial charge in [0.05, 0.1) is 18.6 Å². The highest BCUT2D eigenvalue weighted by atomic mass is 32.1. The van der Waals surface area contributed by atoms with E-state index in [9.17, 15) is 4.79 Å². The number of nitrogens with two attached hydrogens (primary N) is 1. The van der Waals surface area contributed by atoms with Crippen LogP contribution in [0.5, 0.6) is 0 Å². The van der Waals surface area contributed by atoms with Gasteiger partial charge < -0.3 is 10.5 Å². The lowest BCUT2D eigenvalue weighted by molar-refractivity contribution is -0.141. The Morgan fingerprint density at radius 3 is 2.50 bits per heavy atom. The van der Waals surface area contributed by atoms with E-state index < -0.39 is 0 Å². The third-order valence-electron chi connectivity index (χ3n) is 1.41. The summed E-state index contributed by atoms with van der Waals surface area (Å²) in [4.78, 5) is 13.0. The highest BCUT2D eigenvalue weighted by molar-refractivity contribution is 7.80. The molecule has 0 amide bonds. The Balaban J connectivity index is 3.82. The number of hydrogen-bond donors (Lipinski definition) is 1. The van der Waals surface area contributed by atoms with E-state index in [2.05, 4.69) is 4.74 Å². The van der Waals surface area contributed by atoms with E-state index >= 15 is 0 Å². The molecule has 0 aliphatic heterocycles. The van der Waals surface area contributed by atoms with Crippen molar-refractivity contribution in [2.75, 3.05) is 26.7 Å². The number of thiocarbonyl (C=S) groups is 1. The predicted octanol–water partition coefficient (Wildman–Crippen LogP) is -0.233. The van der Waals surface area contributed by atoms with Crippen LogP contribution in [0.4, 0.5) is 0 Å². The molecular weight excluding hydrogens is 176 g/mol. The number of likely N-dealkylation sites (N-methyl/N-ethyl adjacent to an activating group) is 1. The Hall–Kier alpha value is -0.680. The summed E-state index contributed by atoms with van der Waals surface area (Å²) in [7, 11) is 1.36. The summed E-state index contributed by atoms with van der Waals surface area (Å²) < 4.78 is 4.50. The first-order valence-corrected chi connectivity index (χ1v) is 4.08. The third-order valence-corrected chi connectivity index (χ3v) is 1.54. The van der Waals surface area contributed by atoms with Crippen LogP contribution < -0.4 is 5.73 Å². The van der Waals surface area contributed by atoms with Crippen molar-refractivity contribution in [3.05, 3.63) is 0 Å². The predicted molar refractivity (Wildman–Crippen MR) is 50.9 cm³/mol. The molecule has 5 heteroatoms. The van der Waals surface area contributed by atoms with Gasteiger partial charge in [-0.2, -0.15) is 0 Å².